The third-order valence-corrected chi connectivity index (χ3v) is 3.55. The maximum absolute atomic E-state index is 12.5. The maximum Gasteiger partial charge on any atom is 0.416 e. The van der Waals surface area contributed by atoms with Crippen LogP contribution in [0.25, 0.3) is 0 Å². The zero-order valence-corrected chi connectivity index (χ0v) is 11.0. The Labute approximate surface area is 115 Å². The lowest BCUT2D eigenvalue weighted by Gasteiger charge is -2.13. The molecule has 1 fully saturated rings. The van der Waals surface area contributed by atoms with E-state index in [0.29, 0.717) is 13.0 Å². The van der Waals surface area contributed by atoms with Crippen LogP contribution in [-0.2, 0) is 15.7 Å². The van der Waals surface area contributed by atoms with Gasteiger partial charge in [-0.1, -0.05) is 12.1 Å². The molecule has 110 valence electrons. The molecular formula is C14H16F3NO2. The minimum absolute atomic E-state index is 0.00746. The number of methoxy groups -OCH3 is 1. The number of carbonyl (C=O) groups is 1. The number of carbonyl (C=O) groups excluding carboxylic acids is 1. The van der Waals surface area contributed by atoms with Crippen LogP contribution >= 0.6 is 0 Å². The fourth-order valence-electron chi connectivity index (χ4n) is 2.44. The smallest absolute Gasteiger partial charge is 0.416 e. The molecule has 1 aliphatic rings. The van der Waals surface area contributed by atoms with E-state index in [1.54, 1.807) is 0 Å². The van der Waals surface area contributed by atoms with Crippen molar-refractivity contribution in [1.82, 2.24) is 5.32 Å². The fourth-order valence-corrected chi connectivity index (χ4v) is 2.44. The van der Waals surface area contributed by atoms with Crippen molar-refractivity contribution in [2.75, 3.05) is 13.7 Å². The standard InChI is InChI=1S/C14H16F3NO2/c1-20-13(19)7-9-6-12(18-8-9)10-2-4-11(5-3-10)14(15,16)17/h2-5,9,12,18H,6-8H2,1H3/t9-,12-/m0/s1. The van der Waals surface area contributed by atoms with Crippen LogP contribution in [0.4, 0.5) is 13.2 Å². The van der Waals surface area contributed by atoms with Crippen LogP contribution in [0.1, 0.15) is 30.0 Å². The summed E-state index contributed by atoms with van der Waals surface area (Å²) in [4.78, 5) is 11.2. The second kappa shape index (κ2) is 5.83. The second-order valence-electron chi connectivity index (χ2n) is 4.96. The molecule has 0 amide bonds. The van der Waals surface area contributed by atoms with Crippen molar-refractivity contribution < 1.29 is 22.7 Å². The van der Waals surface area contributed by atoms with Crippen LogP contribution in [0.3, 0.4) is 0 Å². The summed E-state index contributed by atoms with van der Waals surface area (Å²) in [6.07, 6.45) is -3.25. The zero-order chi connectivity index (χ0) is 14.8. The molecule has 1 N–H and O–H groups in total. The molecule has 1 saturated heterocycles. The van der Waals surface area contributed by atoms with Crippen molar-refractivity contribution in [3.63, 3.8) is 0 Å². The molecule has 2 rings (SSSR count). The topological polar surface area (TPSA) is 38.3 Å². The van der Waals surface area contributed by atoms with Crippen LogP contribution in [0, 0.1) is 5.92 Å². The van der Waals surface area contributed by atoms with E-state index in [-0.39, 0.29) is 17.9 Å². The number of ether oxygens (including phenoxy) is 1. The Balaban J connectivity index is 1.98. The Kier molecular flexibility index (Phi) is 4.32. The third-order valence-electron chi connectivity index (χ3n) is 3.55. The highest BCUT2D eigenvalue weighted by Crippen LogP contribution is 2.33. The largest absolute Gasteiger partial charge is 0.469 e. The quantitative estimate of drug-likeness (QED) is 0.869. The number of alkyl halides is 3. The van der Waals surface area contributed by atoms with Crippen molar-refractivity contribution in [2.45, 2.75) is 25.1 Å². The number of halogens is 3. The molecule has 0 bridgehead atoms. The second-order valence-corrected chi connectivity index (χ2v) is 4.96. The van der Waals surface area contributed by atoms with Gasteiger partial charge < -0.3 is 10.1 Å². The molecule has 1 aromatic carbocycles. The number of rotatable bonds is 3. The van der Waals surface area contributed by atoms with Gasteiger partial charge in [0.15, 0.2) is 0 Å². The molecule has 0 aliphatic carbocycles. The van der Waals surface area contributed by atoms with Crippen LogP contribution < -0.4 is 5.32 Å². The highest BCUT2D eigenvalue weighted by molar-refractivity contribution is 5.69. The summed E-state index contributed by atoms with van der Waals surface area (Å²) in [6, 6.07) is 5.14. The van der Waals surface area contributed by atoms with E-state index in [0.717, 1.165) is 24.1 Å². The van der Waals surface area contributed by atoms with Crippen molar-refractivity contribution >= 4 is 5.97 Å². The summed E-state index contributed by atoms with van der Waals surface area (Å²) in [5, 5.41) is 3.22. The van der Waals surface area contributed by atoms with E-state index in [4.69, 9.17) is 0 Å². The van der Waals surface area contributed by atoms with E-state index >= 15 is 0 Å². The zero-order valence-electron chi connectivity index (χ0n) is 11.0. The van der Waals surface area contributed by atoms with Gasteiger partial charge in [-0.25, -0.2) is 0 Å². The van der Waals surface area contributed by atoms with Gasteiger partial charge in [0.05, 0.1) is 12.7 Å². The molecular weight excluding hydrogens is 271 g/mol. The van der Waals surface area contributed by atoms with Crippen molar-refractivity contribution in [3.05, 3.63) is 35.4 Å². The van der Waals surface area contributed by atoms with E-state index in [1.165, 1.54) is 19.2 Å². The Morgan fingerprint density at radius 2 is 2.00 bits per heavy atom. The molecule has 3 nitrogen and oxygen atoms in total. The molecule has 0 unspecified atom stereocenters. The number of hydrogen-bond acceptors (Lipinski definition) is 3. The lowest BCUT2D eigenvalue weighted by atomic mass is 9.97. The normalized spacial score (nSPS) is 22.8. The van der Waals surface area contributed by atoms with Gasteiger partial charge in [0.25, 0.3) is 0 Å². The van der Waals surface area contributed by atoms with Crippen LogP contribution in [0.15, 0.2) is 24.3 Å². The van der Waals surface area contributed by atoms with Crippen molar-refractivity contribution in [1.29, 1.82) is 0 Å². The van der Waals surface area contributed by atoms with Crippen molar-refractivity contribution in [3.8, 4) is 0 Å². The van der Waals surface area contributed by atoms with Gasteiger partial charge in [0.2, 0.25) is 0 Å². The summed E-state index contributed by atoms with van der Waals surface area (Å²) in [6.45, 7) is 0.667. The van der Waals surface area contributed by atoms with Gasteiger partial charge in [0.1, 0.15) is 0 Å². The van der Waals surface area contributed by atoms with E-state index in [9.17, 15) is 18.0 Å². The first kappa shape index (κ1) is 14.8. The molecule has 0 aromatic heterocycles. The molecule has 2 atom stereocenters. The number of esters is 1. The summed E-state index contributed by atoms with van der Waals surface area (Å²) in [5.41, 5.74) is 0.163. The maximum atomic E-state index is 12.5. The molecule has 1 heterocycles. The van der Waals surface area contributed by atoms with Gasteiger partial charge in [-0.05, 0) is 36.6 Å². The van der Waals surface area contributed by atoms with Crippen LogP contribution in [-0.4, -0.2) is 19.6 Å². The Morgan fingerprint density at radius 1 is 1.35 bits per heavy atom. The van der Waals surface area contributed by atoms with Crippen LogP contribution in [0.2, 0.25) is 0 Å². The summed E-state index contributed by atoms with van der Waals surface area (Å²) in [7, 11) is 1.35. The molecule has 0 saturated carbocycles. The summed E-state index contributed by atoms with van der Waals surface area (Å²) < 4.78 is 42.0. The minimum Gasteiger partial charge on any atom is -0.469 e. The Bertz CT molecular complexity index is 470. The summed E-state index contributed by atoms with van der Waals surface area (Å²) >= 11 is 0. The van der Waals surface area contributed by atoms with Crippen LogP contribution in [0.5, 0.6) is 0 Å². The lowest BCUT2D eigenvalue weighted by Crippen LogP contribution is -2.15. The lowest BCUT2D eigenvalue weighted by molar-refractivity contribution is -0.141. The first-order chi connectivity index (χ1) is 9.40. The Morgan fingerprint density at radius 3 is 2.55 bits per heavy atom. The van der Waals surface area contributed by atoms with E-state index in [2.05, 4.69) is 10.1 Å². The minimum atomic E-state index is -4.31. The molecule has 1 aliphatic heterocycles. The van der Waals surface area contributed by atoms with E-state index in [1.807, 2.05) is 0 Å². The average molecular weight is 287 g/mol. The third kappa shape index (κ3) is 3.50. The monoisotopic (exact) mass is 287 g/mol. The molecule has 1 aromatic rings. The van der Waals surface area contributed by atoms with Gasteiger partial charge in [0, 0.05) is 12.5 Å². The predicted molar refractivity (Wildman–Crippen MR) is 66.9 cm³/mol. The van der Waals surface area contributed by atoms with Gasteiger partial charge in [-0.15, -0.1) is 0 Å². The SMILES string of the molecule is COC(=O)C[C@H]1CN[C@H](c2ccc(C(F)(F)F)cc2)C1. The molecule has 6 heteroatoms. The first-order valence-electron chi connectivity index (χ1n) is 6.37. The fraction of sp³-hybridized carbons (Fsp3) is 0.500. The molecule has 0 spiro atoms. The number of benzene rings is 1. The first-order valence-corrected chi connectivity index (χ1v) is 6.37. The van der Waals surface area contributed by atoms with Gasteiger partial charge >= 0.3 is 12.1 Å². The van der Waals surface area contributed by atoms with Crippen molar-refractivity contribution in [2.24, 2.45) is 5.92 Å². The van der Waals surface area contributed by atoms with Gasteiger partial charge in [-0.3, -0.25) is 4.79 Å². The summed E-state index contributed by atoms with van der Waals surface area (Å²) in [5.74, 6) is -0.0976. The molecule has 0 radical (unpaired) electrons. The van der Waals surface area contributed by atoms with Gasteiger partial charge in [-0.2, -0.15) is 13.2 Å². The number of nitrogens with one attached hydrogen (secondary N) is 1. The van der Waals surface area contributed by atoms with E-state index < -0.39 is 11.7 Å². The Hall–Kier alpha value is -1.56. The average Bonchev–Trinajstić information content (AvgIpc) is 2.86. The molecule has 20 heavy (non-hydrogen) atoms. The highest BCUT2D eigenvalue weighted by Gasteiger charge is 2.31. The number of hydrogen-bond donors (Lipinski definition) is 1. The highest BCUT2D eigenvalue weighted by atomic mass is 19.4. The predicted octanol–water partition coefficient (Wildman–Crippen LogP) is 2.92.